The van der Waals surface area contributed by atoms with E-state index in [4.69, 9.17) is 0 Å². The summed E-state index contributed by atoms with van der Waals surface area (Å²) in [4.78, 5) is 0. The van der Waals surface area contributed by atoms with E-state index in [1.54, 1.807) is 18.4 Å². The lowest BCUT2D eigenvalue weighted by Gasteiger charge is -1.85. The standard InChI is InChI=1S/C6H4BrF.CH4S/c7-5-2-1-3-6(8)4-5;1-2/h1-4H;2H,1H3. The van der Waals surface area contributed by atoms with Crippen molar-refractivity contribution in [3.05, 3.63) is 34.6 Å². The Morgan fingerprint density at radius 2 is 2.00 bits per heavy atom. The Labute approximate surface area is 74.0 Å². The summed E-state index contributed by atoms with van der Waals surface area (Å²) in [5.74, 6) is -0.209. The van der Waals surface area contributed by atoms with Crippen LogP contribution in [0.3, 0.4) is 0 Å². The largest absolute Gasteiger partial charge is 0.207 e. The number of hydrogen-bond acceptors (Lipinski definition) is 1. The monoisotopic (exact) mass is 222 g/mol. The third-order valence-corrected chi connectivity index (χ3v) is 1.28. The molecule has 0 nitrogen and oxygen atoms in total. The summed E-state index contributed by atoms with van der Waals surface area (Å²) in [7, 11) is 0. The first kappa shape index (κ1) is 9.98. The molecule has 1 rings (SSSR count). The van der Waals surface area contributed by atoms with Crippen LogP contribution in [0.2, 0.25) is 0 Å². The second kappa shape index (κ2) is 5.74. The molecule has 0 atom stereocenters. The van der Waals surface area contributed by atoms with Crippen molar-refractivity contribution in [3.8, 4) is 0 Å². The minimum absolute atomic E-state index is 0.209. The van der Waals surface area contributed by atoms with Gasteiger partial charge in [0.05, 0.1) is 0 Å². The van der Waals surface area contributed by atoms with Crippen LogP contribution in [0.1, 0.15) is 0 Å². The molecule has 56 valence electrons. The van der Waals surface area contributed by atoms with Gasteiger partial charge in [-0.3, -0.25) is 0 Å². The van der Waals surface area contributed by atoms with Crippen molar-refractivity contribution in [1.29, 1.82) is 0 Å². The Bertz CT molecular complexity index is 173. The van der Waals surface area contributed by atoms with Crippen molar-refractivity contribution in [2.45, 2.75) is 0 Å². The fraction of sp³-hybridized carbons (Fsp3) is 0.143. The van der Waals surface area contributed by atoms with Gasteiger partial charge in [-0.2, -0.15) is 12.6 Å². The first-order chi connectivity index (χ1) is 4.79. The van der Waals surface area contributed by atoms with Crippen LogP contribution < -0.4 is 0 Å². The van der Waals surface area contributed by atoms with Gasteiger partial charge in [-0.1, -0.05) is 22.0 Å². The smallest absolute Gasteiger partial charge is 0.124 e. The Balaban J connectivity index is 0.000000371. The first-order valence-electron chi connectivity index (χ1n) is 2.65. The summed E-state index contributed by atoms with van der Waals surface area (Å²) in [6.07, 6.45) is 1.69. The predicted octanol–water partition coefficient (Wildman–Crippen LogP) is 3.13. The molecule has 0 heterocycles. The Morgan fingerprint density at radius 1 is 1.40 bits per heavy atom. The summed E-state index contributed by atoms with van der Waals surface area (Å²) in [6.45, 7) is 0. The van der Waals surface area contributed by atoms with Gasteiger partial charge < -0.3 is 0 Å². The molecule has 0 spiro atoms. The molecule has 0 N–H and O–H groups in total. The van der Waals surface area contributed by atoms with E-state index < -0.39 is 0 Å². The van der Waals surface area contributed by atoms with Crippen LogP contribution in [0, 0.1) is 5.82 Å². The Kier molecular flexibility index (Phi) is 5.73. The van der Waals surface area contributed by atoms with Crippen molar-refractivity contribution >= 4 is 28.6 Å². The highest BCUT2D eigenvalue weighted by Gasteiger charge is 1.86. The number of benzene rings is 1. The summed E-state index contributed by atoms with van der Waals surface area (Å²) in [5.41, 5.74) is 0. The highest BCUT2D eigenvalue weighted by molar-refractivity contribution is 9.10. The molecular weight excluding hydrogens is 215 g/mol. The fourth-order valence-electron chi connectivity index (χ4n) is 0.460. The van der Waals surface area contributed by atoms with Crippen molar-refractivity contribution in [3.63, 3.8) is 0 Å². The maximum absolute atomic E-state index is 12.1. The van der Waals surface area contributed by atoms with Crippen molar-refractivity contribution in [2.75, 3.05) is 6.26 Å². The molecule has 0 fully saturated rings. The first-order valence-corrected chi connectivity index (χ1v) is 4.33. The average molecular weight is 223 g/mol. The lowest BCUT2D eigenvalue weighted by atomic mass is 10.4. The van der Waals surface area contributed by atoms with E-state index in [1.165, 1.54) is 12.1 Å². The quantitative estimate of drug-likeness (QED) is 0.642. The van der Waals surface area contributed by atoms with Gasteiger partial charge >= 0.3 is 0 Å². The predicted molar refractivity (Wildman–Crippen MR) is 49.0 cm³/mol. The zero-order chi connectivity index (χ0) is 7.98. The van der Waals surface area contributed by atoms with Gasteiger partial charge in [0.1, 0.15) is 5.82 Å². The van der Waals surface area contributed by atoms with Crippen LogP contribution in [0.5, 0.6) is 0 Å². The van der Waals surface area contributed by atoms with Crippen LogP contribution in [0.15, 0.2) is 28.7 Å². The summed E-state index contributed by atoms with van der Waals surface area (Å²) in [6, 6.07) is 6.26. The van der Waals surface area contributed by atoms with Crippen molar-refractivity contribution in [2.24, 2.45) is 0 Å². The molecule has 0 saturated heterocycles. The van der Waals surface area contributed by atoms with Crippen LogP contribution in [-0.2, 0) is 0 Å². The van der Waals surface area contributed by atoms with E-state index in [2.05, 4.69) is 28.6 Å². The molecule has 0 amide bonds. The maximum atomic E-state index is 12.1. The Morgan fingerprint density at radius 3 is 2.30 bits per heavy atom. The molecule has 0 unspecified atom stereocenters. The summed E-state index contributed by atoms with van der Waals surface area (Å²) in [5, 5.41) is 0. The van der Waals surface area contributed by atoms with E-state index in [1.807, 2.05) is 0 Å². The molecule has 0 aliphatic carbocycles. The molecule has 0 radical (unpaired) electrons. The van der Waals surface area contributed by atoms with E-state index in [0.29, 0.717) is 0 Å². The molecule has 3 heteroatoms. The zero-order valence-electron chi connectivity index (χ0n) is 5.51. The van der Waals surface area contributed by atoms with Crippen LogP contribution in [0.25, 0.3) is 0 Å². The highest BCUT2D eigenvalue weighted by atomic mass is 79.9. The van der Waals surface area contributed by atoms with Crippen LogP contribution in [0.4, 0.5) is 4.39 Å². The number of rotatable bonds is 0. The second-order valence-electron chi connectivity index (χ2n) is 1.44. The summed E-state index contributed by atoms with van der Waals surface area (Å²) < 4.78 is 12.9. The zero-order valence-corrected chi connectivity index (χ0v) is 7.99. The molecule has 0 aromatic heterocycles. The normalized spacial score (nSPS) is 8.00. The lowest BCUT2D eigenvalue weighted by molar-refractivity contribution is 0.627. The van der Waals surface area contributed by atoms with Gasteiger partial charge in [-0.05, 0) is 24.5 Å². The van der Waals surface area contributed by atoms with Crippen LogP contribution in [-0.4, -0.2) is 6.26 Å². The minimum Gasteiger partial charge on any atom is -0.207 e. The molecule has 0 aliphatic heterocycles. The number of thiol groups is 1. The SMILES string of the molecule is CS.Fc1cccc(Br)c1. The van der Waals surface area contributed by atoms with Gasteiger partial charge in [0.2, 0.25) is 0 Å². The van der Waals surface area contributed by atoms with Crippen molar-refractivity contribution < 1.29 is 4.39 Å². The van der Waals surface area contributed by atoms with E-state index in [-0.39, 0.29) is 5.82 Å². The topological polar surface area (TPSA) is 0 Å². The third-order valence-electron chi connectivity index (χ3n) is 0.787. The van der Waals surface area contributed by atoms with Gasteiger partial charge in [0.25, 0.3) is 0 Å². The highest BCUT2D eigenvalue weighted by Crippen LogP contribution is 2.09. The Hall–Kier alpha value is -0.0200. The van der Waals surface area contributed by atoms with Crippen molar-refractivity contribution in [1.82, 2.24) is 0 Å². The summed E-state index contributed by atoms with van der Waals surface area (Å²) >= 11 is 6.65. The third kappa shape index (κ3) is 3.90. The lowest BCUT2D eigenvalue weighted by Crippen LogP contribution is -1.68. The molecule has 0 saturated carbocycles. The van der Waals surface area contributed by atoms with E-state index in [9.17, 15) is 4.39 Å². The van der Waals surface area contributed by atoms with Gasteiger partial charge in [-0.25, -0.2) is 4.39 Å². The van der Waals surface area contributed by atoms with Gasteiger partial charge in [0.15, 0.2) is 0 Å². The maximum Gasteiger partial charge on any atom is 0.124 e. The molecule has 1 aromatic carbocycles. The average Bonchev–Trinajstić information content (AvgIpc) is 1.91. The second-order valence-corrected chi connectivity index (χ2v) is 2.36. The number of halogens is 2. The molecule has 0 aliphatic rings. The van der Waals surface area contributed by atoms with E-state index >= 15 is 0 Å². The molecule has 0 bridgehead atoms. The van der Waals surface area contributed by atoms with E-state index in [0.717, 1.165) is 4.47 Å². The minimum atomic E-state index is -0.209. The molecule has 1 aromatic rings. The van der Waals surface area contributed by atoms with Gasteiger partial charge in [0, 0.05) is 4.47 Å². The van der Waals surface area contributed by atoms with Crippen LogP contribution >= 0.6 is 28.6 Å². The molecular formula is C7H8BrFS. The number of hydrogen-bond donors (Lipinski definition) is 1. The fourth-order valence-corrected chi connectivity index (χ4v) is 0.831. The van der Waals surface area contributed by atoms with Gasteiger partial charge in [-0.15, -0.1) is 0 Å². The molecule has 10 heavy (non-hydrogen) atoms.